The van der Waals surface area contributed by atoms with Crippen LogP contribution in [0.15, 0.2) is 24.3 Å². The number of carboxylic acids is 1. The molecule has 0 radical (unpaired) electrons. The standard InChI is InChI=1S/C12H11NO4S/c1-18-6-9(12(16)17)13-10(14)7-4-2-3-5-8(7)11(13)15/h2-5,9H,6H2,1H3,(H,16,17)/t9-/m1/s1. The monoisotopic (exact) mass is 265 g/mol. The highest BCUT2D eigenvalue weighted by Crippen LogP contribution is 2.25. The summed E-state index contributed by atoms with van der Waals surface area (Å²) in [4.78, 5) is 36.1. The molecule has 0 bridgehead atoms. The molecule has 0 aromatic heterocycles. The number of amides is 2. The Morgan fingerprint density at radius 2 is 1.78 bits per heavy atom. The third-order valence-corrected chi connectivity index (χ3v) is 3.40. The summed E-state index contributed by atoms with van der Waals surface area (Å²) in [5.74, 6) is -2.05. The van der Waals surface area contributed by atoms with E-state index in [0.29, 0.717) is 0 Å². The summed E-state index contributed by atoms with van der Waals surface area (Å²) >= 11 is 1.28. The summed E-state index contributed by atoms with van der Waals surface area (Å²) in [6.45, 7) is 0. The Bertz CT molecular complexity index is 494. The van der Waals surface area contributed by atoms with E-state index in [4.69, 9.17) is 5.11 Å². The predicted octanol–water partition coefficient (Wildman–Crippen LogP) is 1.10. The lowest BCUT2D eigenvalue weighted by atomic mass is 10.1. The van der Waals surface area contributed by atoms with Crippen LogP contribution in [-0.4, -0.2) is 45.8 Å². The Kier molecular flexibility index (Phi) is 3.38. The number of benzene rings is 1. The first-order chi connectivity index (χ1) is 8.57. The summed E-state index contributed by atoms with van der Waals surface area (Å²) in [5, 5.41) is 9.12. The van der Waals surface area contributed by atoms with E-state index in [2.05, 4.69) is 0 Å². The summed E-state index contributed by atoms with van der Waals surface area (Å²) in [7, 11) is 0. The number of aliphatic carboxylic acids is 1. The van der Waals surface area contributed by atoms with Crippen molar-refractivity contribution in [3.05, 3.63) is 35.4 Å². The zero-order valence-corrected chi connectivity index (χ0v) is 10.4. The summed E-state index contributed by atoms with van der Waals surface area (Å²) in [5.41, 5.74) is 0.546. The zero-order valence-electron chi connectivity index (χ0n) is 9.62. The lowest BCUT2D eigenvalue weighted by molar-refractivity contribution is -0.140. The van der Waals surface area contributed by atoms with Gasteiger partial charge < -0.3 is 5.11 Å². The maximum Gasteiger partial charge on any atom is 0.327 e. The Hall–Kier alpha value is -1.82. The fraction of sp³-hybridized carbons (Fsp3) is 0.250. The van der Waals surface area contributed by atoms with Crippen molar-refractivity contribution < 1.29 is 19.5 Å². The SMILES string of the molecule is CSC[C@H](C(=O)O)N1C(=O)c2ccccc2C1=O. The molecule has 0 spiro atoms. The number of thioether (sulfide) groups is 1. The molecule has 0 saturated carbocycles. The van der Waals surface area contributed by atoms with Gasteiger partial charge in [-0.25, -0.2) is 4.79 Å². The smallest absolute Gasteiger partial charge is 0.327 e. The molecule has 94 valence electrons. The first-order valence-electron chi connectivity index (χ1n) is 5.26. The number of hydrogen-bond acceptors (Lipinski definition) is 4. The first kappa shape index (κ1) is 12.6. The van der Waals surface area contributed by atoms with Crippen molar-refractivity contribution in [1.29, 1.82) is 0 Å². The summed E-state index contributed by atoms with van der Waals surface area (Å²) in [6, 6.07) is 5.25. The van der Waals surface area contributed by atoms with Crippen LogP contribution in [0.4, 0.5) is 0 Å². The van der Waals surface area contributed by atoms with Crippen LogP contribution in [0.2, 0.25) is 0 Å². The lowest BCUT2D eigenvalue weighted by Gasteiger charge is -2.21. The van der Waals surface area contributed by atoms with Crippen LogP contribution in [0, 0.1) is 0 Å². The average Bonchev–Trinajstić information content (AvgIpc) is 2.60. The van der Waals surface area contributed by atoms with E-state index < -0.39 is 23.8 Å². The molecule has 6 heteroatoms. The van der Waals surface area contributed by atoms with Gasteiger partial charge in [-0.15, -0.1) is 0 Å². The quantitative estimate of drug-likeness (QED) is 0.825. The van der Waals surface area contributed by atoms with Gasteiger partial charge in [0.1, 0.15) is 6.04 Å². The van der Waals surface area contributed by atoms with Gasteiger partial charge in [-0.2, -0.15) is 11.8 Å². The number of nitrogens with zero attached hydrogens (tertiary/aromatic N) is 1. The molecule has 0 aliphatic carbocycles. The Morgan fingerprint density at radius 3 is 2.17 bits per heavy atom. The molecule has 1 N–H and O–H groups in total. The molecule has 1 aromatic carbocycles. The molecule has 0 fully saturated rings. The summed E-state index contributed by atoms with van der Waals surface area (Å²) in [6.07, 6.45) is 1.73. The van der Waals surface area contributed by atoms with E-state index in [1.165, 1.54) is 23.9 Å². The van der Waals surface area contributed by atoms with E-state index in [-0.39, 0.29) is 16.9 Å². The molecule has 2 amide bonds. The molecule has 2 rings (SSSR count). The second-order valence-electron chi connectivity index (χ2n) is 3.84. The van der Waals surface area contributed by atoms with E-state index >= 15 is 0 Å². The van der Waals surface area contributed by atoms with Crippen molar-refractivity contribution in [2.24, 2.45) is 0 Å². The molecule has 18 heavy (non-hydrogen) atoms. The number of hydrogen-bond donors (Lipinski definition) is 1. The number of carbonyl (C=O) groups excluding carboxylic acids is 2. The molecule has 1 aromatic rings. The first-order valence-corrected chi connectivity index (χ1v) is 6.66. The molecule has 1 atom stereocenters. The topological polar surface area (TPSA) is 74.7 Å². The molecule has 1 heterocycles. The largest absolute Gasteiger partial charge is 0.480 e. The highest BCUT2D eigenvalue weighted by Gasteiger charge is 2.42. The molecular weight excluding hydrogens is 254 g/mol. The number of fused-ring (bicyclic) bond motifs is 1. The highest BCUT2D eigenvalue weighted by atomic mass is 32.2. The van der Waals surface area contributed by atoms with E-state index in [9.17, 15) is 14.4 Å². The number of carbonyl (C=O) groups is 3. The normalized spacial score (nSPS) is 15.7. The van der Waals surface area contributed by atoms with Crippen molar-refractivity contribution in [2.45, 2.75) is 6.04 Å². The van der Waals surface area contributed by atoms with Gasteiger partial charge in [0.05, 0.1) is 11.1 Å². The summed E-state index contributed by atoms with van der Waals surface area (Å²) < 4.78 is 0. The molecule has 1 aliphatic heterocycles. The number of carboxylic acid groups (broad SMARTS) is 1. The van der Waals surface area contributed by atoms with Gasteiger partial charge in [0, 0.05) is 5.75 Å². The van der Waals surface area contributed by atoms with Gasteiger partial charge in [0.25, 0.3) is 11.8 Å². The van der Waals surface area contributed by atoms with E-state index in [1.54, 1.807) is 18.4 Å². The van der Waals surface area contributed by atoms with Crippen LogP contribution < -0.4 is 0 Å². The zero-order chi connectivity index (χ0) is 13.3. The Labute approximate surface area is 108 Å². The minimum absolute atomic E-state index is 0.181. The van der Waals surface area contributed by atoms with Gasteiger partial charge in [-0.1, -0.05) is 12.1 Å². The van der Waals surface area contributed by atoms with Gasteiger partial charge in [-0.05, 0) is 18.4 Å². The van der Waals surface area contributed by atoms with Crippen LogP contribution in [0.25, 0.3) is 0 Å². The molecule has 0 unspecified atom stereocenters. The molecule has 0 saturated heterocycles. The van der Waals surface area contributed by atoms with E-state index in [1.807, 2.05) is 0 Å². The van der Waals surface area contributed by atoms with Crippen molar-refractivity contribution in [3.63, 3.8) is 0 Å². The van der Waals surface area contributed by atoms with Crippen LogP contribution in [0.1, 0.15) is 20.7 Å². The van der Waals surface area contributed by atoms with Crippen LogP contribution in [0.3, 0.4) is 0 Å². The Morgan fingerprint density at radius 1 is 1.28 bits per heavy atom. The fourth-order valence-corrected chi connectivity index (χ4v) is 2.51. The van der Waals surface area contributed by atoms with Crippen LogP contribution >= 0.6 is 11.8 Å². The fourth-order valence-electron chi connectivity index (χ4n) is 1.91. The van der Waals surface area contributed by atoms with Crippen molar-refractivity contribution >= 4 is 29.5 Å². The highest BCUT2D eigenvalue weighted by molar-refractivity contribution is 7.98. The van der Waals surface area contributed by atoms with Gasteiger partial charge in [-0.3, -0.25) is 14.5 Å². The van der Waals surface area contributed by atoms with Crippen molar-refractivity contribution in [2.75, 3.05) is 12.0 Å². The third kappa shape index (κ3) is 1.88. The predicted molar refractivity (Wildman–Crippen MR) is 66.7 cm³/mol. The Balaban J connectivity index is 2.41. The maximum atomic E-state index is 12.1. The van der Waals surface area contributed by atoms with Gasteiger partial charge in [0.2, 0.25) is 0 Å². The second kappa shape index (κ2) is 4.81. The number of imide groups is 1. The molecular formula is C12H11NO4S. The second-order valence-corrected chi connectivity index (χ2v) is 4.75. The van der Waals surface area contributed by atoms with Gasteiger partial charge >= 0.3 is 5.97 Å². The van der Waals surface area contributed by atoms with E-state index in [0.717, 1.165) is 4.90 Å². The third-order valence-electron chi connectivity index (χ3n) is 2.75. The maximum absolute atomic E-state index is 12.1. The van der Waals surface area contributed by atoms with Crippen molar-refractivity contribution in [1.82, 2.24) is 4.90 Å². The lowest BCUT2D eigenvalue weighted by Crippen LogP contribution is -2.46. The number of rotatable bonds is 4. The van der Waals surface area contributed by atoms with Crippen LogP contribution in [-0.2, 0) is 4.79 Å². The van der Waals surface area contributed by atoms with Crippen molar-refractivity contribution in [3.8, 4) is 0 Å². The molecule has 5 nitrogen and oxygen atoms in total. The minimum atomic E-state index is -1.17. The average molecular weight is 265 g/mol. The van der Waals surface area contributed by atoms with Gasteiger partial charge in [0.15, 0.2) is 0 Å². The minimum Gasteiger partial charge on any atom is -0.480 e. The van der Waals surface area contributed by atoms with Crippen LogP contribution in [0.5, 0.6) is 0 Å². The molecule has 1 aliphatic rings.